The standard InChI is InChI=1S/C10H9BrN2/c11-8-4-9-7(5-12)2-1-3-10(9)13-6-8/h1-4,6H,5,12H2. The van der Waals surface area contributed by atoms with Gasteiger partial charge in [-0.2, -0.15) is 0 Å². The average molecular weight is 237 g/mol. The number of hydrogen-bond donors (Lipinski definition) is 1. The molecule has 0 unspecified atom stereocenters. The first kappa shape index (κ1) is 8.66. The lowest BCUT2D eigenvalue weighted by Gasteiger charge is -2.02. The Balaban J connectivity index is 2.79. The van der Waals surface area contributed by atoms with E-state index in [1.54, 1.807) is 6.20 Å². The van der Waals surface area contributed by atoms with Crippen LogP contribution in [0.5, 0.6) is 0 Å². The van der Waals surface area contributed by atoms with Crippen molar-refractivity contribution in [2.75, 3.05) is 0 Å². The van der Waals surface area contributed by atoms with Crippen LogP contribution in [0.3, 0.4) is 0 Å². The maximum absolute atomic E-state index is 5.62. The molecule has 0 saturated heterocycles. The van der Waals surface area contributed by atoms with E-state index in [9.17, 15) is 0 Å². The Hall–Kier alpha value is -0.930. The van der Waals surface area contributed by atoms with Crippen LogP contribution in [0.4, 0.5) is 0 Å². The Morgan fingerprint density at radius 3 is 3.00 bits per heavy atom. The highest BCUT2D eigenvalue weighted by Gasteiger charge is 1.99. The van der Waals surface area contributed by atoms with E-state index in [4.69, 9.17) is 5.73 Å². The van der Waals surface area contributed by atoms with Gasteiger partial charge in [0.1, 0.15) is 0 Å². The molecule has 0 spiro atoms. The number of aromatic nitrogens is 1. The molecule has 0 atom stereocenters. The van der Waals surface area contributed by atoms with E-state index in [0.717, 1.165) is 20.9 Å². The van der Waals surface area contributed by atoms with Gasteiger partial charge in [0.25, 0.3) is 0 Å². The van der Waals surface area contributed by atoms with Crippen molar-refractivity contribution in [3.05, 3.63) is 40.5 Å². The van der Waals surface area contributed by atoms with Crippen LogP contribution < -0.4 is 5.73 Å². The average Bonchev–Trinajstić information content (AvgIpc) is 2.17. The van der Waals surface area contributed by atoms with Crippen molar-refractivity contribution >= 4 is 26.8 Å². The van der Waals surface area contributed by atoms with Crippen LogP contribution in [0.15, 0.2) is 34.9 Å². The highest BCUT2D eigenvalue weighted by Crippen LogP contribution is 2.20. The summed E-state index contributed by atoms with van der Waals surface area (Å²) in [6.07, 6.45) is 1.79. The Labute approximate surface area is 84.9 Å². The summed E-state index contributed by atoms with van der Waals surface area (Å²) in [4.78, 5) is 4.29. The van der Waals surface area contributed by atoms with Gasteiger partial charge in [0.05, 0.1) is 5.52 Å². The van der Waals surface area contributed by atoms with E-state index < -0.39 is 0 Å². The topological polar surface area (TPSA) is 38.9 Å². The number of rotatable bonds is 1. The van der Waals surface area contributed by atoms with Crippen LogP contribution in [0, 0.1) is 0 Å². The molecule has 13 heavy (non-hydrogen) atoms. The summed E-state index contributed by atoms with van der Waals surface area (Å²) in [5.41, 5.74) is 7.75. The monoisotopic (exact) mass is 236 g/mol. The van der Waals surface area contributed by atoms with Gasteiger partial charge in [-0.1, -0.05) is 12.1 Å². The molecule has 1 heterocycles. The largest absolute Gasteiger partial charge is 0.326 e. The van der Waals surface area contributed by atoms with Crippen LogP contribution in [-0.2, 0) is 6.54 Å². The van der Waals surface area contributed by atoms with Gasteiger partial charge in [-0.05, 0) is 33.6 Å². The first-order valence-electron chi connectivity index (χ1n) is 4.04. The second kappa shape index (κ2) is 3.44. The summed E-state index contributed by atoms with van der Waals surface area (Å²) in [6.45, 7) is 0.551. The lowest BCUT2D eigenvalue weighted by atomic mass is 10.1. The summed E-state index contributed by atoms with van der Waals surface area (Å²) in [5, 5.41) is 1.12. The molecule has 0 fully saturated rings. The van der Waals surface area contributed by atoms with E-state index in [2.05, 4.69) is 20.9 Å². The predicted molar refractivity (Wildman–Crippen MR) is 57.3 cm³/mol. The Kier molecular flexibility index (Phi) is 2.29. The van der Waals surface area contributed by atoms with Crippen LogP contribution in [0.1, 0.15) is 5.56 Å². The fourth-order valence-electron chi connectivity index (χ4n) is 1.36. The first-order chi connectivity index (χ1) is 6.31. The molecule has 0 amide bonds. The van der Waals surface area contributed by atoms with Gasteiger partial charge in [-0.15, -0.1) is 0 Å². The van der Waals surface area contributed by atoms with E-state index in [1.807, 2.05) is 24.3 Å². The van der Waals surface area contributed by atoms with Crippen LogP contribution in [-0.4, -0.2) is 4.98 Å². The van der Waals surface area contributed by atoms with Crippen molar-refractivity contribution in [1.82, 2.24) is 4.98 Å². The van der Waals surface area contributed by atoms with E-state index in [-0.39, 0.29) is 0 Å². The molecule has 2 rings (SSSR count). The minimum absolute atomic E-state index is 0.551. The van der Waals surface area contributed by atoms with Crippen molar-refractivity contribution in [2.24, 2.45) is 5.73 Å². The fourth-order valence-corrected chi connectivity index (χ4v) is 1.69. The van der Waals surface area contributed by atoms with Gasteiger partial charge in [0.15, 0.2) is 0 Å². The van der Waals surface area contributed by atoms with Crippen molar-refractivity contribution in [2.45, 2.75) is 6.54 Å². The number of halogens is 1. The molecule has 2 nitrogen and oxygen atoms in total. The van der Waals surface area contributed by atoms with Gasteiger partial charge in [0, 0.05) is 22.6 Å². The zero-order valence-electron chi connectivity index (χ0n) is 7.00. The SMILES string of the molecule is NCc1cccc2ncc(Br)cc12. The highest BCUT2D eigenvalue weighted by molar-refractivity contribution is 9.10. The molecule has 0 saturated carbocycles. The quantitative estimate of drug-likeness (QED) is 0.827. The second-order valence-electron chi connectivity index (χ2n) is 2.84. The van der Waals surface area contributed by atoms with Crippen LogP contribution in [0.25, 0.3) is 10.9 Å². The van der Waals surface area contributed by atoms with Crippen LogP contribution >= 0.6 is 15.9 Å². The molecule has 1 aromatic carbocycles. The minimum Gasteiger partial charge on any atom is -0.326 e. The Morgan fingerprint density at radius 1 is 1.38 bits per heavy atom. The molecule has 0 aliphatic carbocycles. The predicted octanol–water partition coefficient (Wildman–Crippen LogP) is 2.46. The van der Waals surface area contributed by atoms with E-state index in [1.165, 1.54) is 0 Å². The lowest BCUT2D eigenvalue weighted by Crippen LogP contribution is -1.97. The van der Waals surface area contributed by atoms with E-state index in [0.29, 0.717) is 6.54 Å². The Bertz CT molecular complexity index is 440. The maximum Gasteiger partial charge on any atom is 0.0706 e. The normalized spacial score (nSPS) is 10.6. The van der Waals surface area contributed by atoms with Gasteiger partial charge >= 0.3 is 0 Å². The third kappa shape index (κ3) is 1.57. The number of pyridine rings is 1. The van der Waals surface area contributed by atoms with Gasteiger partial charge in [-0.3, -0.25) is 4.98 Å². The molecule has 66 valence electrons. The summed E-state index contributed by atoms with van der Waals surface area (Å²) in [5.74, 6) is 0. The van der Waals surface area contributed by atoms with Crippen molar-refractivity contribution in [3.63, 3.8) is 0 Å². The first-order valence-corrected chi connectivity index (χ1v) is 4.84. The summed E-state index contributed by atoms with van der Waals surface area (Å²) in [6, 6.07) is 8.04. The van der Waals surface area contributed by atoms with Crippen molar-refractivity contribution in [3.8, 4) is 0 Å². The van der Waals surface area contributed by atoms with E-state index >= 15 is 0 Å². The molecule has 1 aromatic heterocycles. The van der Waals surface area contributed by atoms with Gasteiger partial charge in [0.2, 0.25) is 0 Å². The molecule has 0 radical (unpaired) electrons. The Morgan fingerprint density at radius 2 is 2.23 bits per heavy atom. The molecule has 2 N–H and O–H groups in total. The molecule has 3 heteroatoms. The third-order valence-corrected chi connectivity index (χ3v) is 2.44. The van der Waals surface area contributed by atoms with Gasteiger partial charge in [-0.25, -0.2) is 0 Å². The molecular formula is C10H9BrN2. The van der Waals surface area contributed by atoms with Gasteiger partial charge < -0.3 is 5.73 Å². The summed E-state index contributed by atoms with van der Waals surface area (Å²) in [7, 11) is 0. The third-order valence-electron chi connectivity index (χ3n) is 2.00. The molecule has 2 aromatic rings. The molecular weight excluding hydrogens is 228 g/mol. The number of benzene rings is 1. The summed E-state index contributed by atoms with van der Waals surface area (Å²) >= 11 is 3.39. The van der Waals surface area contributed by atoms with Crippen molar-refractivity contribution in [1.29, 1.82) is 0 Å². The molecule has 0 bridgehead atoms. The van der Waals surface area contributed by atoms with Crippen LogP contribution in [0.2, 0.25) is 0 Å². The zero-order chi connectivity index (χ0) is 9.26. The number of nitrogens with zero attached hydrogens (tertiary/aromatic N) is 1. The second-order valence-corrected chi connectivity index (χ2v) is 3.76. The number of nitrogens with two attached hydrogens (primary N) is 1. The zero-order valence-corrected chi connectivity index (χ0v) is 8.58. The molecule has 0 aliphatic rings. The number of fused-ring (bicyclic) bond motifs is 1. The maximum atomic E-state index is 5.62. The molecule has 0 aliphatic heterocycles. The lowest BCUT2D eigenvalue weighted by molar-refractivity contribution is 1.08. The highest BCUT2D eigenvalue weighted by atomic mass is 79.9. The smallest absolute Gasteiger partial charge is 0.0706 e. The summed E-state index contributed by atoms with van der Waals surface area (Å²) < 4.78 is 0.987. The van der Waals surface area contributed by atoms with Crippen molar-refractivity contribution < 1.29 is 0 Å². The minimum atomic E-state index is 0.551. The fraction of sp³-hybridized carbons (Fsp3) is 0.100. The number of hydrogen-bond acceptors (Lipinski definition) is 2.